The fourth-order valence-corrected chi connectivity index (χ4v) is 6.63. The minimum Gasteiger partial charge on any atom is -0.492 e. The Hall–Kier alpha value is -5.49. The number of fused-ring (bicyclic) bond motifs is 1. The molecule has 314 valence electrons. The number of carbonyl (C=O) groups is 4. The van der Waals surface area contributed by atoms with Crippen molar-refractivity contribution in [2.75, 3.05) is 47.1 Å². The zero-order valence-corrected chi connectivity index (χ0v) is 33.5. The fraction of sp³-hybridized carbons (Fsp3) is 0.488. The number of benzene rings is 2. The van der Waals surface area contributed by atoms with Gasteiger partial charge in [0.2, 0.25) is 0 Å². The molecular weight excluding hydrogens is 752 g/mol. The second-order valence-electron chi connectivity index (χ2n) is 15.1. The lowest BCUT2D eigenvalue weighted by atomic mass is 9.86. The molecule has 2 saturated heterocycles. The van der Waals surface area contributed by atoms with Crippen LogP contribution in [0.3, 0.4) is 0 Å². The van der Waals surface area contributed by atoms with E-state index in [1.165, 1.54) is 14.2 Å². The molecule has 4 amide bonds. The average molecular weight is 807 g/mol. The number of aliphatic hydroxyl groups excluding tert-OH is 1. The zero-order chi connectivity index (χ0) is 41.7. The summed E-state index contributed by atoms with van der Waals surface area (Å²) in [5.74, 6) is -0.0777. The predicted octanol–water partition coefficient (Wildman–Crippen LogP) is 3.55. The minimum atomic E-state index is -1.26. The van der Waals surface area contributed by atoms with Crippen LogP contribution >= 0.6 is 0 Å². The van der Waals surface area contributed by atoms with Crippen molar-refractivity contribution in [2.24, 2.45) is 11.3 Å². The monoisotopic (exact) mass is 806 g/mol. The lowest BCUT2D eigenvalue weighted by Gasteiger charge is -2.34. The number of hydrogen-bond acceptors (Lipinski definition) is 13. The number of nitrogens with zero attached hydrogens (tertiary/aromatic N) is 2. The fourth-order valence-electron chi connectivity index (χ4n) is 6.63. The normalized spacial score (nSPS) is 18.9. The van der Waals surface area contributed by atoms with Gasteiger partial charge in [-0.1, -0.05) is 63.2 Å². The molecular formula is C41H54N6O11. The quantitative estimate of drug-likeness (QED) is 0.0753. The summed E-state index contributed by atoms with van der Waals surface area (Å²) in [6, 6.07) is 18.5. The first-order chi connectivity index (χ1) is 27.8. The molecule has 2 fully saturated rings. The Bertz CT molecular complexity index is 1790. The van der Waals surface area contributed by atoms with E-state index in [2.05, 4.69) is 31.1 Å². The van der Waals surface area contributed by atoms with Crippen molar-refractivity contribution in [3.05, 3.63) is 84.1 Å². The molecule has 0 spiro atoms. The van der Waals surface area contributed by atoms with Gasteiger partial charge in [-0.05, 0) is 53.6 Å². The lowest BCUT2D eigenvalue weighted by Crippen LogP contribution is -2.59. The zero-order valence-electron chi connectivity index (χ0n) is 33.5. The van der Waals surface area contributed by atoms with Gasteiger partial charge in [0.05, 0.1) is 57.7 Å². The number of hydrogen-bond donors (Lipinski definition) is 5. The average Bonchev–Trinajstić information content (AvgIpc) is 3.84. The smallest absolute Gasteiger partial charge is 0.407 e. The summed E-state index contributed by atoms with van der Waals surface area (Å²) in [7, 11) is 2.49. The largest absolute Gasteiger partial charge is 0.492 e. The van der Waals surface area contributed by atoms with E-state index >= 15 is 0 Å². The van der Waals surface area contributed by atoms with Crippen molar-refractivity contribution in [2.45, 2.75) is 70.7 Å². The summed E-state index contributed by atoms with van der Waals surface area (Å²) in [6.45, 7) is 6.57. The molecule has 2 aromatic carbocycles. The van der Waals surface area contributed by atoms with Crippen molar-refractivity contribution >= 4 is 24.2 Å². The van der Waals surface area contributed by atoms with E-state index < -0.39 is 60.2 Å². The number of carbonyl (C=O) groups excluding carboxylic acids is 4. The minimum absolute atomic E-state index is 0.0892. The van der Waals surface area contributed by atoms with E-state index in [4.69, 9.17) is 23.7 Å². The number of alkyl carbamates (subject to hydrolysis) is 3. The van der Waals surface area contributed by atoms with Gasteiger partial charge in [-0.25, -0.2) is 19.4 Å². The van der Waals surface area contributed by atoms with Gasteiger partial charge in [-0.15, -0.1) is 0 Å². The second kappa shape index (κ2) is 20.8. The predicted molar refractivity (Wildman–Crippen MR) is 210 cm³/mol. The van der Waals surface area contributed by atoms with E-state index in [1.54, 1.807) is 56.2 Å². The Labute approximate surface area is 338 Å². The number of hydrazine groups is 1. The number of pyridine rings is 1. The van der Waals surface area contributed by atoms with Crippen molar-refractivity contribution in [3.8, 4) is 17.0 Å². The number of methoxy groups -OCH3 is 2. The highest BCUT2D eigenvalue weighted by molar-refractivity contribution is 5.86. The molecule has 0 aliphatic carbocycles. The molecule has 3 aromatic rings. The highest BCUT2D eigenvalue weighted by Crippen LogP contribution is 2.33. The van der Waals surface area contributed by atoms with E-state index in [-0.39, 0.29) is 45.2 Å². The third-order valence-electron chi connectivity index (χ3n) is 9.76. The molecule has 2 aliphatic heterocycles. The van der Waals surface area contributed by atoms with Crippen molar-refractivity contribution < 1.29 is 52.7 Å². The van der Waals surface area contributed by atoms with Gasteiger partial charge in [0.25, 0.3) is 5.91 Å². The van der Waals surface area contributed by atoms with Crippen LogP contribution in [0.1, 0.15) is 38.3 Å². The van der Waals surface area contributed by atoms with Crippen LogP contribution in [0.5, 0.6) is 5.75 Å². The first-order valence-electron chi connectivity index (χ1n) is 19.1. The summed E-state index contributed by atoms with van der Waals surface area (Å²) in [5, 5.41) is 21.5. The van der Waals surface area contributed by atoms with Gasteiger partial charge in [-0.2, -0.15) is 0 Å². The molecule has 0 radical (unpaired) electrons. The standard InChI is InChI=1S/C41H54N6O11/c1-41(2,3)35(45-39(51)54-5)36(49)46-47(23-27-9-13-28(14-10-27)31-8-6-7-18-42-31)24-33(48)32(44-40(52)58-34-25-57-37-30(34)17-20-56-37)22-26-11-15-29(16-12-26)55-21-19-43-38(50)53-4/h6-16,18,30,32-35,37,48H,17,19-25H2,1-5H3,(H,43,50)(H,44,52)(H,45,51)(H,46,49)/t30-,32-,33-,34-,35+,37+/m0/s1. The number of rotatable bonds is 17. The molecule has 2 aliphatic rings. The van der Waals surface area contributed by atoms with Gasteiger partial charge in [0.15, 0.2) is 6.29 Å². The third kappa shape index (κ3) is 12.8. The van der Waals surface area contributed by atoms with Crippen LogP contribution in [-0.4, -0.2) is 117 Å². The van der Waals surface area contributed by atoms with Crippen LogP contribution in [-0.2, 0) is 41.4 Å². The van der Waals surface area contributed by atoms with Crippen LogP contribution in [0.25, 0.3) is 11.3 Å². The van der Waals surface area contributed by atoms with E-state index in [0.717, 1.165) is 22.4 Å². The second-order valence-corrected chi connectivity index (χ2v) is 15.1. The van der Waals surface area contributed by atoms with E-state index in [1.807, 2.05) is 42.5 Å². The highest BCUT2D eigenvalue weighted by atomic mass is 16.7. The summed E-state index contributed by atoms with van der Waals surface area (Å²) in [5.41, 5.74) is 5.44. The first kappa shape index (κ1) is 43.6. The van der Waals surface area contributed by atoms with Crippen LogP contribution in [0, 0.1) is 11.3 Å². The Morgan fingerprint density at radius 3 is 2.31 bits per heavy atom. The molecule has 1 aromatic heterocycles. The molecule has 17 nitrogen and oxygen atoms in total. The summed E-state index contributed by atoms with van der Waals surface area (Å²) < 4.78 is 32.1. The van der Waals surface area contributed by atoms with Crippen LogP contribution in [0.4, 0.5) is 14.4 Å². The summed E-state index contributed by atoms with van der Waals surface area (Å²) >= 11 is 0. The molecule has 0 saturated carbocycles. The Morgan fingerprint density at radius 1 is 0.914 bits per heavy atom. The van der Waals surface area contributed by atoms with Crippen molar-refractivity contribution in [1.29, 1.82) is 0 Å². The van der Waals surface area contributed by atoms with E-state index in [0.29, 0.717) is 18.8 Å². The molecule has 3 heterocycles. The number of nitrogens with one attached hydrogen (secondary N) is 4. The van der Waals surface area contributed by atoms with Crippen LogP contribution in [0.2, 0.25) is 0 Å². The van der Waals surface area contributed by atoms with Gasteiger partial charge in [0.1, 0.15) is 24.5 Å². The maximum Gasteiger partial charge on any atom is 0.407 e. The molecule has 17 heteroatoms. The van der Waals surface area contributed by atoms with Gasteiger partial charge in [-0.3, -0.25) is 15.2 Å². The van der Waals surface area contributed by atoms with Gasteiger partial charge in [0, 0.05) is 24.8 Å². The summed E-state index contributed by atoms with van der Waals surface area (Å²) in [4.78, 5) is 55.4. The first-order valence-corrected chi connectivity index (χ1v) is 19.1. The summed E-state index contributed by atoms with van der Waals surface area (Å²) in [6.07, 6.45) is -1.68. The Morgan fingerprint density at radius 2 is 1.64 bits per heavy atom. The maximum atomic E-state index is 13.9. The lowest BCUT2D eigenvalue weighted by molar-refractivity contribution is -0.131. The topological polar surface area (TPSA) is 208 Å². The number of amides is 4. The van der Waals surface area contributed by atoms with Crippen LogP contribution < -0.4 is 26.1 Å². The molecule has 58 heavy (non-hydrogen) atoms. The molecule has 5 rings (SSSR count). The van der Waals surface area contributed by atoms with Gasteiger partial charge >= 0.3 is 18.3 Å². The third-order valence-corrected chi connectivity index (χ3v) is 9.76. The number of aliphatic hydroxyl groups is 1. The number of ether oxygens (including phenoxy) is 6. The van der Waals surface area contributed by atoms with Crippen molar-refractivity contribution in [3.63, 3.8) is 0 Å². The highest BCUT2D eigenvalue weighted by Gasteiger charge is 2.44. The molecule has 5 N–H and O–H groups in total. The molecule has 0 unspecified atom stereocenters. The van der Waals surface area contributed by atoms with E-state index in [9.17, 15) is 24.3 Å². The maximum absolute atomic E-state index is 13.9. The van der Waals surface area contributed by atoms with Gasteiger partial charge < -0.3 is 49.5 Å². The van der Waals surface area contributed by atoms with Crippen molar-refractivity contribution in [1.82, 2.24) is 31.4 Å². The molecule has 6 atom stereocenters. The SMILES string of the molecule is COC(=O)NCCOc1ccc(C[C@H](NC(=O)O[C@H]2CO[C@H]3OCC[C@H]32)[C@@H](O)CN(Cc2ccc(-c3ccccn3)cc2)NC(=O)[C@@H](NC(=O)OC)C(C)(C)C)cc1. The number of aromatic nitrogens is 1. The Kier molecular flexibility index (Phi) is 15.6. The van der Waals surface area contributed by atoms with Crippen LogP contribution in [0.15, 0.2) is 72.9 Å². The molecule has 0 bridgehead atoms. The Balaban J connectivity index is 1.35.